The minimum absolute atomic E-state index is 0.0258. The smallest absolute Gasteiger partial charge is 0.312 e. The minimum Gasteiger partial charge on any atom is -0.460 e. The molecule has 2 fully saturated rings. The maximum Gasteiger partial charge on any atom is 0.312 e. The van der Waals surface area contributed by atoms with E-state index in [2.05, 4.69) is 66.6 Å². The summed E-state index contributed by atoms with van der Waals surface area (Å²) in [6.45, 7) is 27.6. The molecule has 36 heavy (non-hydrogen) atoms. The predicted octanol–water partition coefficient (Wildman–Crippen LogP) is 6.63. The number of esters is 1. The monoisotopic (exact) mass is 525 g/mol. The lowest BCUT2D eigenvalue weighted by Gasteiger charge is -2.52. The maximum atomic E-state index is 13.2. The summed E-state index contributed by atoms with van der Waals surface area (Å²) in [5.74, 6) is -1.31. The topological polar surface area (TPSA) is 68.2 Å². The fourth-order valence-corrected chi connectivity index (χ4v) is 6.75. The first-order valence-electron chi connectivity index (χ1n) is 13.8. The van der Waals surface area contributed by atoms with E-state index in [0.29, 0.717) is 6.42 Å². The zero-order valence-electron chi connectivity index (χ0n) is 25.4. The fourth-order valence-electron chi connectivity index (χ4n) is 5.39. The molecule has 1 heterocycles. The van der Waals surface area contributed by atoms with Gasteiger partial charge in [-0.05, 0) is 99.2 Å². The molecule has 0 amide bonds. The number of aliphatic hydroxyl groups excluding tert-OH is 1. The van der Waals surface area contributed by atoms with E-state index in [1.54, 1.807) is 0 Å². The Morgan fingerprint density at radius 1 is 1.06 bits per heavy atom. The molecule has 7 heteroatoms. The zero-order chi connectivity index (χ0) is 27.9. The lowest BCUT2D eigenvalue weighted by molar-refractivity contribution is -0.293. The average Bonchev–Trinajstić information content (AvgIpc) is 2.94. The summed E-state index contributed by atoms with van der Waals surface area (Å²) in [5, 5.41) is 13.2. The van der Waals surface area contributed by atoms with Crippen molar-refractivity contribution in [1.82, 2.24) is 5.06 Å². The van der Waals surface area contributed by atoms with Crippen molar-refractivity contribution in [3.8, 4) is 0 Å². The van der Waals surface area contributed by atoms with Crippen molar-refractivity contribution >= 4 is 14.3 Å². The summed E-state index contributed by atoms with van der Waals surface area (Å²) in [6, 6.07) is 0. The van der Waals surface area contributed by atoms with Crippen LogP contribution in [0.3, 0.4) is 0 Å². The molecule has 1 aliphatic heterocycles. The van der Waals surface area contributed by atoms with E-state index in [1.165, 1.54) is 6.42 Å². The number of rotatable bonds is 7. The number of hydrogen-bond acceptors (Lipinski definition) is 6. The maximum absolute atomic E-state index is 13.2. The van der Waals surface area contributed by atoms with Crippen LogP contribution in [0.25, 0.3) is 0 Å². The van der Waals surface area contributed by atoms with E-state index >= 15 is 0 Å². The zero-order valence-corrected chi connectivity index (χ0v) is 26.4. The molecule has 0 bridgehead atoms. The van der Waals surface area contributed by atoms with Gasteiger partial charge in [0, 0.05) is 17.0 Å². The number of piperidine rings is 1. The molecule has 1 aliphatic carbocycles. The van der Waals surface area contributed by atoms with Gasteiger partial charge in [0.15, 0.2) is 8.32 Å². The van der Waals surface area contributed by atoms with Crippen LogP contribution in [0, 0.1) is 11.8 Å². The first-order chi connectivity index (χ1) is 16.1. The highest BCUT2D eigenvalue weighted by Gasteiger charge is 2.51. The summed E-state index contributed by atoms with van der Waals surface area (Å²) < 4.78 is 12.5. The molecule has 5 atom stereocenters. The van der Waals surface area contributed by atoms with Crippen LogP contribution >= 0.6 is 0 Å². The van der Waals surface area contributed by atoms with Crippen LogP contribution in [0.15, 0.2) is 12.2 Å². The molecule has 6 nitrogen and oxygen atoms in total. The number of aliphatic hydroxyl groups is 1. The van der Waals surface area contributed by atoms with Gasteiger partial charge in [0.25, 0.3) is 0 Å². The van der Waals surface area contributed by atoms with Crippen LogP contribution in [0.1, 0.15) is 102 Å². The van der Waals surface area contributed by atoms with Gasteiger partial charge in [-0.25, -0.2) is 0 Å². The largest absolute Gasteiger partial charge is 0.460 e. The van der Waals surface area contributed by atoms with E-state index in [-0.39, 0.29) is 40.2 Å². The van der Waals surface area contributed by atoms with E-state index in [9.17, 15) is 9.90 Å². The van der Waals surface area contributed by atoms with Crippen LogP contribution in [-0.4, -0.2) is 59.4 Å². The second-order valence-electron chi connectivity index (χ2n) is 14.8. The first-order valence-corrected chi connectivity index (χ1v) is 16.7. The second-order valence-corrected chi connectivity index (χ2v) is 19.6. The van der Waals surface area contributed by atoms with Crippen LogP contribution in [0.5, 0.6) is 0 Å². The number of carbonyl (C=O) groups excluding carboxylic acids is 1. The third-order valence-corrected chi connectivity index (χ3v) is 12.7. The quantitative estimate of drug-likeness (QED) is 0.228. The molecule has 1 saturated heterocycles. The van der Waals surface area contributed by atoms with Gasteiger partial charge in [-0.3, -0.25) is 9.63 Å². The molecule has 0 radical (unpaired) electrons. The molecule has 0 aromatic rings. The van der Waals surface area contributed by atoms with Gasteiger partial charge in [-0.2, -0.15) is 5.06 Å². The van der Waals surface area contributed by atoms with Crippen molar-refractivity contribution in [2.75, 3.05) is 0 Å². The summed E-state index contributed by atoms with van der Waals surface area (Å²) in [7, 11) is -2.12. The number of hydroxylamine groups is 2. The van der Waals surface area contributed by atoms with Gasteiger partial charge in [-0.15, -0.1) is 0 Å². The summed E-state index contributed by atoms with van der Waals surface area (Å²) in [4.78, 5) is 19.7. The van der Waals surface area contributed by atoms with E-state index < -0.39 is 25.9 Å². The Labute approximate surface area is 222 Å². The highest BCUT2D eigenvalue weighted by atomic mass is 28.4. The highest BCUT2D eigenvalue weighted by molar-refractivity contribution is 6.74. The van der Waals surface area contributed by atoms with Crippen molar-refractivity contribution in [2.45, 2.75) is 155 Å². The summed E-state index contributed by atoms with van der Waals surface area (Å²) in [6.07, 6.45) is 6.62. The predicted molar refractivity (Wildman–Crippen MR) is 149 cm³/mol. The lowest BCUT2D eigenvalue weighted by atomic mass is 9.82. The number of nitrogens with zero attached hydrogens (tertiary/aromatic N) is 1. The summed E-state index contributed by atoms with van der Waals surface area (Å²) in [5.41, 5.74) is -0.730. The SMILES string of the molecule is CC(/C=C/[C@H]1[C@@H](C(=O)OC(C)(C)C)[C@H](O)C[C@H]1O[Si](C)(C)C(C)(C)C)ON1C(C)(C)CCCC1(C)C. The molecular weight excluding hydrogens is 470 g/mol. The van der Waals surface area contributed by atoms with Crippen molar-refractivity contribution in [3.05, 3.63) is 12.2 Å². The second kappa shape index (κ2) is 10.8. The molecule has 1 saturated carbocycles. The Bertz CT molecular complexity index is 776. The number of hydrogen-bond donors (Lipinski definition) is 1. The molecule has 0 aromatic heterocycles. The van der Waals surface area contributed by atoms with Gasteiger partial charge in [0.05, 0.1) is 24.2 Å². The molecule has 0 aromatic carbocycles. The van der Waals surface area contributed by atoms with Gasteiger partial charge < -0.3 is 14.3 Å². The Morgan fingerprint density at radius 3 is 2.06 bits per heavy atom. The molecule has 2 rings (SSSR count). The molecule has 0 spiro atoms. The van der Waals surface area contributed by atoms with Crippen molar-refractivity contribution in [3.63, 3.8) is 0 Å². The molecule has 1 N–H and O–H groups in total. The Hall–Kier alpha value is -0.733. The summed E-state index contributed by atoms with van der Waals surface area (Å²) >= 11 is 0. The average molecular weight is 526 g/mol. The van der Waals surface area contributed by atoms with Crippen molar-refractivity contribution in [2.24, 2.45) is 11.8 Å². The van der Waals surface area contributed by atoms with E-state index in [0.717, 1.165) is 12.8 Å². The van der Waals surface area contributed by atoms with Crippen LogP contribution in [0.4, 0.5) is 0 Å². The number of ether oxygens (including phenoxy) is 1. The normalized spacial score (nSPS) is 30.5. The fraction of sp³-hybridized carbons (Fsp3) is 0.897. The van der Waals surface area contributed by atoms with Crippen molar-refractivity contribution < 1.29 is 23.9 Å². The lowest BCUT2D eigenvalue weighted by Crippen LogP contribution is -2.59. The third kappa shape index (κ3) is 7.65. The molecule has 1 unspecified atom stereocenters. The van der Waals surface area contributed by atoms with Crippen LogP contribution in [-0.2, 0) is 18.8 Å². The van der Waals surface area contributed by atoms with Gasteiger partial charge in [0.1, 0.15) is 5.60 Å². The highest BCUT2D eigenvalue weighted by Crippen LogP contribution is 2.44. The molecule has 210 valence electrons. The van der Waals surface area contributed by atoms with Gasteiger partial charge in [-0.1, -0.05) is 32.9 Å². The third-order valence-electron chi connectivity index (χ3n) is 8.22. The molecular formula is C29H55NO5Si. The van der Waals surface area contributed by atoms with E-state index in [1.807, 2.05) is 39.8 Å². The van der Waals surface area contributed by atoms with Crippen LogP contribution < -0.4 is 0 Å². The Kier molecular flexibility index (Phi) is 9.44. The van der Waals surface area contributed by atoms with Crippen LogP contribution in [0.2, 0.25) is 18.1 Å². The first kappa shape index (κ1) is 31.5. The molecule has 2 aliphatic rings. The van der Waals surface area contributed by atoms with E-state index in [4.69, 9.17) is 14.0 Å². The standard InChI is InChI=1S/C29H55NO5Si/c1-20(34-30-28(8,9)17-14-18-29(30,10)11)15-16-21-23(35-36(12,13)27(5,6)7)19-22(31)24(21)25(32)33-26(2,3)4/h15-16,20-24,31H,14,17-19H2,1-13H3/b16-15+/t20?,21-,22-,23-,24-/m1/s1. The van der Waals surface area contributed by atoms with Gasteiger partial charge >= 0.3 is 5.97 Å². The number of carbonyl (C=O) groups is 1. The van der Waals surface area contributed by atoms with Gasteiger partial charge in [0.2, 0.25) is 0 Å². The Morgan fingerprint density at radius 2 is 1.58 bits per heavy atom. The minimum atomic E-state index is -2.12. The van der Waals surface area contributed by atoms with Crippen molar-refractivity contribution in [1.29, 1.82) is 0 Å². The Balaban J connectivity index is 2.31.